The van der Waals surface area contributed by atoms with Crippen molar-refractivity contribution in [3.8, 4) is 0 Å². The Morgan fingerprint density at radius 2 is 2.18 bits per heavy atom. The van der Waals surface area contributed by atoms with Gasteiger partial charge >= 0.3 is 10.3 Å². The Balaban J connectivity index is 2.81. The van der Waals surface area contributed by atoms with Crippen molar-refractivity contribution >= 4 is 31.9 Å². The van der Waals surface area contributed by atoms with Crippen molar-refractivity contribution < 1.29 is 13.0 Å². The average molecular weight is 196 g/mol. The summed E-state index contributed by atoms with van der Waals surface area (Å²) >= 11 is 0.820. The van der Waals surface area contributed by atoms with Gasteiger partial charge < -0.3 is 5.73 Å². The van der Waals surface area contributed by atoms with Crippen molar-refractivity contribution in [2.45, 2.75) is 0 Å². The minimum Gasteiger partial charge on any atom is -0.374 e. The molecule has 0 spiro atoms. The number of rotatable bonds is 2. The van der Waals surface area contributed by atoms with E-state index in [-0.39, 0.29) is 10.3 Å². The third-order valence-electron chi connectivity index (χ3n) is 0.657. The summed E-state index contributed by atoms with van der Waals surface area (Å²) in [6.07, 6.45) is 0. The molecule has 1 aromatic heterocycles. The van der Waals surface area contributed by atoms with Crippen LogP contribution >= 0.6 is 11.3 Å². The Labute approximate surface area is 66.1 Å². The molecular formula is C2H4N4O3S2. The van der Waals surface area contributed by atoms with Crippen molar-refractivity contribution in [3.05, 3.63) is 0 Å². The standard InChI is InChI=1S/C2H4N4O3S2/c3-1-4-5-2(10-1)6-11(7,8)9/h(H2,3,4)(H,5,6)(H,7,8,9). The Bertz CT molecular complexity index is 342. The monoisotopic (exact) mass is 196 g/mol. The van der Waals surface area contributed by atoms with Crippen LogP contribution in [0.25, 0.3) is 0 Å². The maximum Gasteiger partial charge on any atom is 0.359 e. The fourth-order valence-corrected chi connectivity index (χ4v) is 1.49. The minimum absolute atomic E-state index is 0.0648. The minimum atomic E-state index is -4.26. The molecule has 0 unspecified atom stereocenters. The van der Waals surface area contributed by atoms with Gasteiger partial charge in [-0.3, -0.25) is 4.55 Å². The van der Waals surface area contributed by atoms with Crippen molar-refractivity contribution in [1.82, 2.24) is 10.2 Å². The molecular weight excluding hydrogens is 192 g/mol. The van der Waals surface area contributed by atoms with Gasteiger partial charge in [-0.2, -0.15) is 8.42 Å². The van der Waals surface area contributed by atoms with Gasteiger partial charge in [-0.05, 0) is 0 Å². The summed E-state index contributed by atoms with van der Waals surface area (Å²) in [5.74, 6) is 0. The highest BCUT2D eigenvalue weighted by molar-refractivity contribution is 7.87. The Hall–Kier alpha value is -0.930. The van der Waals surface area contributed by atoms with Crippen LogP contribution in [0.5, 0.6) is 0 Å². The molecule has 0 aromatic carbocycles. The third kappa shape index (κ3) is 2.65. The molecule has 0 radical (unpaired) electrons. The molecule has 9 heteroatoms. The van der Waals surface area contributed by atoms with Crippen molar-refractivity contribution in [3.63, 3.8) is 0 Å². The zero-order valence-electron chi connectivity index (χ0n) is 5.05. The molecule has 4 N–H and O–H groups in total. The number of hydrogen-bond donors (Lipinski definition) is 3. The van der Waals surface area contributed by atoms with Crippen molar-refractivity contribution in [1.29, 1.82) is 0 Å². The van der Waals surface area contributed by atoms with Crippen LogP contribution in [-0.4, -0.2) is 23.2 Å². The van der Waals surface area contributed by atoms with E-state index in [9.17, 15) is 8.42 Å². The molecule has 11 heavy (non-hydrogen) atoms. The predicted molar refractivity (Wildman–Crippen MR) is 39.5 cm³/mol. The quantitative estimate of drug-likeness (QED) is 0.540. The molecule has 7 nitrogen and oxygen atoms in total. The highest BCUT2D eigenvalue weighted by Gasteiger charge is 2.07. The van der Waals surface area contributed by atoms with Crippen molar-refractivity contribution in [2.24, 2.45) is 0 Å². The highest BCUT2D eigenvalue weighted by Crippen LogP contribution is 2.16. The first-order valence-electron chi connectivity index (χ1n) is 2.31. The smallest absolute Gasteiger partial charge is 0.359 e. The van der Waals surface area contributed by atoms with Crippen molar-refractivity contribution in [2.75, 3.05) is 10.5 Å². The van der Waals surface area contributed by atoms with E-state index in [1.54, 1.807) is 4.72 Å². The van der Waals surface area contributed by atoms with E-state index in [4.69, 9.17) is 10.3 Å². The third-order valence-corrected chi connectivity index (χ3v) is 1.91. The number of anilines is 2. The van der Waals surface area contributed by atoms with Gasteiger partial charge in [0.15, 0.2) is 0 Å². The van der Waals surface area contributed by atoms with Gasteiger partial charge in [-0.15, -0.1) is 10.2 Å². The van der Waals surface area contributed by atoms with Gasteiger partial charge in [0.1, 0.15) is 0 Å². The molecule has 0 aliphatic carbocycles. The second-order valence-electron chi connectivity index (χ2n) is 1.52. The van der Waals surface area contributed by atoms with E-state index >= 15 is 0 Å². The summed E-state index contributed by atoms with van der Waals surface area (Å²) < 4.78 is 30.2. The van der Waals surface area contributed by atoms with Crippen LogP contribution in [0.2, 0.25) is 0 Å². The molecule has 0 bridgehead atoms. The molecule has 1 aromatic rings. The zero-order chi connectivity index (χ0) is 8.48. The maximum absolute atomic E-state index is 10.2. The Morgan fingerprint density at radius 3 is 2.55 bits per heavy atom. The number of aromatic nitrogens is 2. The lowest BCUT2D eigenvalue weighted by Crippen LogP contribution is -2.09. The van der Waals surface area contributed by atoms with E-state index in [0.717, 1.165) is 11.3 Å². The first-order valence-corrected chi connectivity index (χ1v) is 4.57. The molecule has 0 saturated carbocycles. The zero-order valence-corrected chi connectivity index (χ0v) is 6.68. The van der Waals surface area contributed by atoms with Gasteiger partial charge in [-0.1, -0.05) is 11.3 Å². The maximum atomic E-state index is 10.2. The topological polar surface area (TPSA) is 118 Å². The normalized spacial score (nSPS) is 11.4. The van der Waals surface area contributed by atoms with Crippen LogP contribution in [0.4, 0.5) is 10.3 Å². The summed E-state index contributed by atoms with van der Waals surface area (Å²) in [7, 11) is -4.26. The summed E-state index contributed by atoms with van der Waals surface area (Å²) in [5, 5.41) is 6.66. The highest BCUT2D eigenvalue weighted by atomic mass is 32.2. The molecule has 0 aliphatic heterocycles. The first-order chi connectivity index (χ1) is 4.97. The predicted octanol–water partition coefficient (Wildman–Crippen LogP) is -0.665. The lowest BCUT2D eigenvalue weighted by molar-refractivity contribution is 0.489. The summed E-state index contributed by atoms with van der Waals surface area (Å²) in [6.45, 7) is 0. The van der Waals surface area contributed by atoms with Crippen LogP contribution in [0.1, 0.15) is 0 Å². The molecule has 0 fully saturated rings. The van der Waals surface area contributed by atoms with Crippen LogP contribution in [0, 0.1) is 0 Å². The van der Waals surface area contributed by atoms with Gasteiger partial charge in [0.2, 0.25) is 10.3 Å². The number of hydrogen-bond acceptors (Lipinski definition) is 6. The van der Waals surface area contributed by atoms with E-state index < -0.39 is 10.3 Å². The average Bonchev–Trinajstić information content (AvgIpc) is 2.10. The van der Waals surface area contributed by atoms with Crippen LogP contribution in [0.3, 0.4) is 0 Å². The largest absolute Gasteiger partial charge is 0.374 e. The summed E-state index contributed by atoms with van der Waals surface area (Å²) in [4.78, 5) is 0. The molecule has 0 saturated heterocycles. The second kappa shape index (κ2) is 2.60. The number of nitrogen functional groups attached to an aromatic ring is 1. The summed E-state index contributed by atoms with van der Waals surface area (Å²) in [6, 6.07) is 0. The molecule has 62 valence electrons. The van der Waals surface area contributed by atoms with E-state index in [0.29, 0.717) is 0 Å². The van der Waals surface area contributed by atoms with E-state index in [2.05, 4.69) is 10.2 Å². The Kier molecular flexibility index (Phi) is 1.93. The molecule has 0 amide bonds. The van der Waals surface area contributed by atoms with Gasteiger partial charge in [0, 0.05) is 0 Å². The van der Waals surface area contributed by atoms with Gasteiger partial charge in [0.05, 0.1) is 0 Å². The van der Waals surface area contributed by atoms with Crippen LogP contribution in [-0.2, 0) is 10.3 Å². The first kappa shape index (κ1) is 8.17. The molecule has 1 rings (SSSR count). The number of nitrogens with zero attached hydrogens (tertiary/aromatic N) is 2. The molecule has 0 aliphatic rings. The number of nitrogens with two attached hydrogens (primary N) is 1. The van der Waals surface area contributed by atoms with Crippen LogP contribution < -0.4 is 10.5 Å². The van der Waals surface area contributed by atoms with Gasteiger partial charge in [0.25, 0.3) is 0 Å². The summed E-state index contributed by atoms with van der Waals surface area (Å²) in [5.41, 5.74) is 5.13. The Morgan fingerprint density at radius 1 is 1.55 bits per heavy atom. The molecule has 1 heterocycles. The number of nitrogens with one attached hydrogen (secondary N) is 1. The van der Waals surface area contributed by atoms with E-state index in [1.165, 1.54) is 0 Å². The fraction of sp³-hybridized carbons (Fsp3) is 0. The van der Waals surface area contributed by atoms with Gasteiger partial charge in [-0.25, -0.2) is 4.72 Å². The second-order valence-corrected chi connectivity index (χ2v) is 3.69. The lowest BCUT2D eigenvalue weighted by Gasteiger charge is -1.92. The fourth-order valence-electron chi connectivity index (χ4n) is 0.386. The SMILES string of the molecule is Nc1nnc(NS(=O)(=O)O)s1. The molecule has 0 atom stereocenters. The lowest BCUT2D eigenvalue weighted by atomic mass is 11.3. The van der Waals surface area contributed by atoms with E-state index in [1.807, 2.05) is 0 Å². The van der Waals surface area contributed by atoms with Crippen LogP contribution in [0.15, 0.2) is 0 Å².